The van der Waals surface area contributed by atoms with Crippen LogP contribution in [0.1, 0.15) is 75.9 Å². The molecule has 1 heterocycles. The second-order valence-corrected chi connectivity index (χ2v) is 9.21. The second kappa shape index (κ2) is 5.54. The van der Waals surface area contributed by atoms with Crippen molar-refractivity contribution in [3.8, 4) is 0 Å². The van der Waals surface area contributed by atoms with Gasteiger partial charge in [-0.3, -0.25) is 9.59 Å². The molecule has 5 saturated carbocycles. The van der Waals surface area contributed by atoms with Crippen molar-refractivity contribution in [2.24, 2.45) is 17.3 Å². The summed E-state index contributed by atoms with van der Waals surface area (Å²) < 4.78 is 5.27. The molecule has 7 heteroatoms. The summed E-state index contributed by atoms with van der Waals surface area (Å²) in [5, 5.41) is 10.3. The smallest absolute Gasteiger partial charge is 0.246 e. The van der Waals surface area contributed by atoms with E-state index in [1.165, 1.54) is 6.42 Å². The monoisotopic (exact) mass is 358 g/mol. The van der Waals surface area contributed by atoms with Gasteiger partial charge in [0.25, 0.3) is 0 Å². The third-order valence-corrected chi connectivity index (χ3v) is 6.81. The Bertz CT molecular complexity index is 740. The Morgan fingerprint density at radius 1 is 1.19 bits per heavy atom. The van der Waals surface area contributed by atoms with E-state index in [1.807, 2.05) is 0 Å². The predicted octanol–water partition coefficient (Wildman–Crippen LogP) is 2.04. The van der Waals surface area contributed by atoms with Crippen molar-refractivity contribution < 1.29 is 14.1 Å². The highest BCUT2D eigenvalue weighted by molar-refractivity contribution is 5.83. The summed E-state index contributed by atoms with van der Waals surface area (Å²) in [6.45, 7) is 1.88. The van der Waals surface area contributed by atoms with E-state index in [-0.39, 0.29) is 22.8 Å². The lowest BCUT2D eigenvalue weighted by Crippen LogP contribution is -2.65. The zero-order chi connectivity index (χ0) is 17.9. The molecule has 4 bridgehead atoms. The molecule has 0 radical (unpaired) electrons. The average molecular weight is 358 g/mol. The number of carbonyl (C=O) groups is 2. The highest BCUT2D eigenvalue weighted by Crippen LogP contribution is 2.61. The standard InChI is InChI=1S/C19H26N4O3/c1-11(24)22-19-7-12-4-13(8-19)6-18(5-12,10-19)17(25)20-9-15-21-16(23-26-15)14-2-3-14/h12-14H,2-10H2,1H3,(H,20,25)(H,22,24). The number of hydrogen-bond donors (Lipinski definition) is 2. The largest absolute Gasteiger partial charge is 0.351 e. The molecule has 7 nitrogen and oxygen atoms in total. The lowest BCUT2D eigenvalue weighted by Gasteiger charge is -2.61. The zero-order valence-corrected chi connectivity index (χ0v) is 15.2. The highest BCUT2D eigenvalue weighted by Gasteiger charge is 2.60. The Labute approximate surface area is 152 Å². The number of carbonyl (C=O) groups excluding carboxylic acids is 2. The third kappa shape index (κ3) is 2.72. The topological polar surface area (TPSA) is 97.1 Å². The van der Waals surface area contributed by atoms with Crippen LogP contribution in [0.15, 0.2) is 4.52 Å². The molecule has 0 aromatic carbocycles. The van der Waals surface area contributed by atoms with E-state index in [1.54, 1.807) is 6.92 Å². The van der Waals surface area contributed by atoms with Gasteiger partial charge in [0.05, 0.1) is 12.0 Å². The van der Waals surface area contributed by atoms with Gasteiger partial charge in [-0.25, -0.2) is 0 Å². The van der Waals surface area contributed by atoms with Crippen LogP contribution in [0.25, 0.3) is 0 Å². The quantitative estimate of drug-likeness (QED) is 0.839. The zero-order valence-electron chi connectivity index (χ0n) is 15.2. The first-order chi connectivity index (χ1) is 12.5. The molecular formula is C19H26N4O3. The van der Waals surface area contributed by atoms with Crippen LogP contribution in [-0.2, 0) is 16.1 Å². The Balaban J connectivity index is 1.30. The first kappa shape index (κ1) is 16.3. The van der Waals surface area contributed by atoms with Crippen LogP contribution < -0.4 is 10.6 Å². The Morgan fingerprint density at radius 2 is 1.92 bits per heavy atom. The fourth-order valence-electron chi connectivity index (χ4n) is 6.24. The lowest BCUT2D eigenvalue weighted by molar-refractivity contribution is -0.153. The number of hydrogen-bond acceptors (Lipinski definition) is 5. The molecule has 2 unspecified atom stereocenters. The van der Waals surface area contributed by atoms with Crippen LogP contribution in [0.5, 0.6) is 0 Å². The van der Waals surface area contributed by atoms with Gasteiger partial charge in [0.1, 0.15) is 0 Å². The van der Waals surface area contributed by atoms with E-state index in [9.17, 15) is 9.59 Å². The summed E-state index contributed by atoms with van der Waals surface area (Å²) in [7, 11) is 0. The minimum atomic E-state index is -0.355. The van der Waals surface area contributed by atoms with Crippen molar-refractivity contribution >= 4 is 11.8 Å². The van der Waals surface area contributed by atoms with Gasteiger partial charge in [-0.15, -0.1) is 0 Å². The molecule has 1 aromatic rings. The van der Waals surface area contributed by atoms with Crippen molar-refractivity contribution in [1.82, 2.24) is 20.8 Å². The van der Waals surface area contributed by atoms with Crippen LogP contribution >= 0.6 is 0 Å². The van der Waals surface area contributed by atoms with Crippen LogP contribution in [0.3, 0.4) is 0 Å². The molecule has 6 rings (SSSR count). The second-order valence-electron chi connectivity index (χ2n) is 9.21. The van der Waals surface area contributed by atoms with E-state index in [0.29, 0.717) is 30.2 Å². The fourth-order valence-corrected chi connectivity index (χ4v) is 6.24. The molecule has 2 atom stereocenters. The maximum absolute atomic E-state index is 13.1. The van der Waals surface area contributed by atoms with Crippen LogP contribution in [0.2, 0.25) is 0 Å². The molecule has 2 amide bonds. The summed E-state index contributed by atoms with van der Waals surface area (Å²) >= 11 is 0. The van der Waals surface area contributed by atoms with E-state index in [4.69, 9.17) is 4.52 Å². The highest BCUT2D eigenvalue weighted by atomic mass is 16.5. The molecule has 0 saturated heterocycles. The number of aromatic nitrogens is 2. The van der Waals surface area contributed by atoms with Gasteiger partial charge in [-0.05, 0) is 63.2 Å². The molecule has 140 valence electrons. The van der Waals surface area contributed by atoms with E-state index < -0.39 is 0 Å². The van der Waals surface area contributed by atoms with E-state index in [2.05, 4.69) is 20.8 Å². The van der Waals surface area contributed by atoms with Crippen molar-refractivity contribution in [3.63, 3.8) is 0 Å². The first-order valence-electron chi connectivity index (χ1n) is 9.85. The normalized spacial score (nSPS) is 37.6. The number of amides is 2. The molecule has 5 aliphatic carbocycles. The van der Waals surface area contributed by atoms with Gasteiger partial charge < -0.3 is 15.2 Å². The summed E-state index contributed by atoms with van der Waals surface area (Å²) in [5.41, 5.74) is -0.539. The van der Waals surface area contributed by atoms with E-state index >= 15 is 0 Å². The van der Waals surface area contributed by atoms with Gasteiger partial charge >= 0.3 is 0 Å². The number of nitrogens with one attached hydrogen (secondary N) is 2. The van der Waals surface area contributed by atoms with Crippen molar-refractivity contribution in [2.45, 2.75) is 76.3 Å². The SMILES string of the molecule is CC(=O)NC12CC3CC(C1)CC(C(=O)NCc1nc(C4CC4)no1)(C3)C2. The summed E-state index contributed by atoms with van der Waals surface area (Å²) in [6.07, 6.45) is 8.13. The number of rotatable bonds is 5. The van der Waals surface area contributed by atoms with Crippen LogP contribution in [0, 0.1) is 17.3 Å². The average Bonchev–Trinajstić information content (AvgIpc) is 3.29. The van der Waals surface area contributed by atoms with Gasteiger partial charge in [0.2, 0.25) is 17.7 Å². The molecule has 5 fully saturated rings. The van der Waals surface area contributed by atoms with E-state index in [0.717, 1.165) is 50.8 Å². The summed E-state index contributed by atoms with van der Waals surface area (Å²) in [6, 6.07) is 0. The molecular weight excluding hydrogens is 332 g/mol. The Morgan fingerprint density at radius 3 is 2.58 bits per heavy atom. The van der Waals surface area contributed by atoms with Crippen molar-refractivity contribution in [2.75, 3.05) is 0 Å². The van der Waals surface area contributed by atoms with Gasteiger partial charge in [-0.1, -0.05) is 5.16 Å². The molecule has 5 aliphatic rings. The van der Waals surface area contributed by atoms with Gasteiger partial charge in [0.15, 0.2) is 5.82 Å². The summed E-state index contributed by atoms with van der Waals surface area (Å²) in [5.74, 6) is 2.89. The van der Waals surface area contributed by atoms with Gasteiger partial charge in [0, 0.05) is 18.4 Å². The molecule has 2 N–H and O–H groups in total. The maximum atomic E-state index is 13.1. The molecule has 0 aliphatic heterocycles. The molecule has 1 aromatic heterocycles. The van der Waals surface area contributed by atoms with Gasteiger partial charge in [-0.2, -0.15) is 4.98 Å². The summed E-state index contributed by atoms with van der Waals surface area (Å²) in [4.78, 5) is 29.3. The molecule has 0 spiro atoms. The predicted molar refractivity (Wildman–Crippen MR) is 91.8 cm³/mol. The first-order valence-corrected chi connectivity index (χ1v) is 9.85. The minimum absolute atomic E-state index is 0.0148. The lowest BCUT2D eigenvalue weighted by atomic mass is 9.46. The number of nitrogens with zero attached hydrogens (tertiary/aromatic N) is 2. The maximum Gasteiger partial charge on any atom is 0.246 e. The molecule has 26 heavy (non-hydrogen) atoms. The van der Waals surface area contributed by atoms with Crippen molar-refractivity contribution in [1.29, 1.82) is 0 Å². The minimum Gasteiger partial charge on any atom is -0.351 e. The third-order valence-electron chi connectivity index (χ3n) is 6.81. The Kier molecular flexibility index (Phi) is 3.46. The van der Waals surface area contributed by atoms with Crippen LogP contribution in [-0.4, -0.2) is 27.5 Å². The fraction of sp³-hybridized carbons (Fsp3) is 0.789. The Hall–Kier alpha value is -1.92. The van der Waals surface area contributed by atoms with Crippen LogP contribution in [0.4, 0.5) is 0 Å². The van der Waals surface area contributed by atoms with Crippen molar-refractivity contribution in [3.05, 3.63) is 11.7 Å².